The van der Waals surface area contributed by atoms with E-state index in [1.54, 1.807) is 23.7 Å². The normalized spacial score (nSPS) is 10.8. The van der Waals surface area contributed by atoms with Gasteiger partial charge in [0.15, 0.2) is 0 Å². The number of hydrogen-bond acceptors (Lipinski definition) is 5. The summed E-state index contributed by atoms with van der Waals surface area (Å²) in [5.74, 6) is -0.278. The fraction of sp³-hybridized carbons (Fsp3) is 0.263. The molecular formula is C19H20FN5OS. The number of amides is 1. The number of carbonyl (C=O) groups is 1. The number of aryl methyl sites for hydroxylation is 2. The Hall–Kier alpha value is -2.74. The summed E-state index contributed by atoms with van der Waals surface area (Å²) in [5.41, 5.74) is 4.41. The van der Waals surface area contributed by atoms with Gasteiger partial charge in [-0.3, -0.25) is 4.79 Å². The Bertz CT molecular complexity index is 972. The van der Waals surface area contributed by atoms with E-state index in [1.165, 1.54) is 17.8 Å². The van der Waals surface area contributed by atoms with Gasteiger partial charge in [-0.25, -0.2) is 4.39 Å². The van der Waals surface area contributed by atoms with Crippen molar-refractivity contribution in [2.45, 2.75) is 32.5 Å². The lowest BCUT2D eigenvalue weighted by atomic mass is 10.1. The van der Waals surface area contributed by atoms with E-state index in [-0.39, 0.29) is 24.0 Å². The smallest absolute Gasteiger partial charge is 0.230 e. The van der Waals surface area contributed by atoms with Crippen LogP contribution >= 0.6 is 11.8 Å². The highest BCUT2D eigenvalue weighted by molar-refractivity contribution is 7.99. The van der Waals surface area contributed by atoms with Gasteiger partial charge in [0.25, 0.3) is 0 Å². The zero-order valence-electron chi connectivity index (χ0n) is 15.4. The SMILES string of the molecule is Cc1ccc(CNC(=O)CSc2nnnn2-c2cccc(C)c2C)cc1F. The van der Waals surface area contributed by atoms with E-state index in [1.807, 2.05) is 32.0 Å². The van der Waals surface area contributed by atoms with Crippen molar-refractivity contribution in [2.24, 2.45) is 0 Å². The highest BCUT2D eigenvalue weighted by Gasteiger charge is 2.13. The highest BCUT2D eigenvalue weighted by Crippen LogP contribution is 2.22. The number of rotatable bonds is 6. The molecule has 6 nitrogen and oxygen atoms in total. The van der Waals surface area contributed by atoms with Crippen LogP contribution in [0.1, 0.15) is 22.3 Å². The number of halogens is 1. The van der Waals surface area contributed by atoms with Crippen molar-refractivity contribution in [1.82, 2.24) is 25.5 Å². The van der Waals surface area contributed by atoms with Crippen molar-refractivity contribution < 1.29 is 9.18 Å². The Labute approximate surface area is 161 Å². The predicted molar refractivity (Wildman–Crippen MR) is 102 cm³/mol. The first-order valence-corrected chi connectivity index (χ1v) is 9.44. The average Bonchev–Trinajstić information content (AvgIpc) is 3.11. The fourth-order valence-electron chi connectivity index (χ4n) is 2.51. The molecule has 0 aliphatic carbocycles. The summed E-state index contributed by atoms with van der Waals surface area (Å²) in [6.07, 6.45) is 0. The van der Waals surface area contributed by atoms with Gasteiger partial charge in [0, 0.05) is 6.54 Å². The topological polar surface area (TPSA) is 72.7 Å². The van der Waals surface area contributed by atoms with E-state index in [0.29, 0.717) is 10.7 Å². The second-order valence-electron chi connectivity index (χ2n) is 6.24. The minimum atomic E-state index is -0.274. The minimum Gasteiger partial charge on any atom is -0.351 e. The number of aromatic nitrogens is 4. The third kappa shape index (κ3) is 4.51. The van der Waals surface area contributed by atoms with Crippen molar-refractivity contribution in [2.75, 3.05) is 5.75 Å². The number of carbonyl (C=O) groups excluding carboxylic acids is 1. The minimum absolute atomic E-state index is 0.166. The number of thioether (sulfide) groups is 1. The molecule has 3 rings (SSSR count). The lowest BCUT2D eigenvalue weighted by Gasteiger charge is -2.09. The van der Waals surface area contributed by atoms with Gasteiger partial charge in [0.1, 0.15) is 5.82 Å². The zero-order chi connectivity index (χ0) is 19.4. The molecule has 0 spiro atoms. The van der Waals surface area contributed by atoms with Crippen LogP contribution in [0, 0.1) is 26.6 Å². The van der Waals surface area contributed by atoms with Crippen molar-refractivity contribution >= 4 is 17.7 Å². The maximum atomic E-state index is 13.6. The Morgan fingerprint density at radius 2 is 2.00 bits per heavy atom. The van der Waals surface area contributed by atoms with Crippen molar-refractivity contribution in [3.05, 3.63) is 64.5 Å². The Morgan fingerprint density at radius 1 is 1.19 bits per heavy atom. The Kier molecular flexibility index (Phi) is 5.85. The molecule has 8 heteroatoms. The molecule has 3 aromatic rings. The third-order valence-corrected chi connectivity index (χ3v) is 5.22. The van der Waals surface area contributed by atoms with Gasteiger partial charge in [-0.1, -0.05) is 36.0 Å². The van der Waals surface area contributed by atoms with Crippen molar-refractivity contribution in [1.29, 1.82) is 0 Å². The summed E-state index contributed by atoms with van der Waals surface area (Å²) in [6, 6.07) is 10.8. The van der Waals surface area contributed by atoms with Crippen LogP contribution in [0.15, 0.2) is 41.6 Å². The molecule has 0 saturated carbocycles. The Balaban J connectivity index is 1.60. The van der Waals surface area contributed by atoms with Gasteiger partial charge in [-0.05, 0) is 65.6 Å². The van der Waals surface area contributed by atoms with Crippen molar-refractivity contribution in [3.63, 3.8) is 0 Å². The second kappa shape index (κ2) is 8.30. The monoisotopic (exact) mass is 385 g/mol. The number of tetrazole rings is 1. The molecule has 0 radical (unpaired) electrons. The number of benzene rings is 2. The summed E-state index contributed by atoms with van der Waals surface area (Å²) in [4.78, 5) is 12.1. The van der Waals surface area contributed by atoms with E-state index < -0.39 is 0 Å². The molecule has 1 heterocycles. The number of hydrogen-bond donors (Lipinski definition) is 1. The van der Waals surface area contributed by atoms with Crippen LogP contribution in [0.3, 0.4) is 0 Å². The molecule has 0 atom stereocenters. The average molecular weight is 385 g/mol. The first-order valence-electron chi connectivity index (χ1n) is 8.45. The lowest BCUT2D eigenvalue weighted by Crippen LogP contribution is -2.24. The number of nitrogens with one attached hydrogen (secondary N) is 1. The first-order chi connectivity index (χ1) is 13.0. The summed E-state index contributed by atoms with van der Waals surface area (Å²) < 4.78 is 15.2. The summed E-state index contributed by atoms with van der Waals surface area (Å²) >= 11 is 1.25. The largest absolute Gasteiger partial charge is 0.351 e. The third-order valence-electron chi connectivity index (χ3n) is 4.30. The molecule has 0 bridgehead atoms. The standard InChI is InChI=1S/C19H20FN5OS/c1-12-5-4-6-17(14(12)3)25-19(22-23-24-25)27-11-18(26)21-10-15-8-7-13(2)16(20)9-15/h4-9H,10-11H2,1-3H3,(H,21,26). The molecule has 0 aliphatic rings. The molecule has 2 aromatic carbocycles. The van der Waals surface area contributed by atoms with Gasteiger partial charge in [-0.2, -0.15) is 4.68 Å². The van der Waals surface area contributed by atoms with E-state index in [2.05, 4.69) is 20.8 Å². The lowest BCUT2D eigenvalue weighted by molar-refractivity contribution is -0.118. The highest BCUT2D eigenvalue weighted by atomic mass is 32.2. The molecule has 1 amide bonds. The van der Waals surface area contributed by atoms with Crippen LogP contribution in [-0.4, -0.2) is 31.9 Å². The summed E-state index contributed by atoms with van der Waals surface area (Å²) in [5, 5.41) is 15.1. The zero-order valence-corrected chi connectivity index (χ0v) is 16.2. The molecule has 0 fully saturated rings. The van der Waals surface area contributed by atoms with Gasteiger partial charge in [-0.15, -0.1) is 5.10 Å². The molecule has 1 aromatic heterocycles. The maximum absolute atomic E-state index is 13.6. The predicted octanol–water partition coefficient (Wildman–Crippen LogP) is 3.14. The number of nitrogens with zero attached hydrogens (tertiary/aromatic N) is 4. The van der Waals surface area contributed by atoms with E-state index in [0.717, 1.165) is 22.4 Å². The van der Waals surface area contributed by atoms with Crippen LogP contribution in [0.4, 0.5) is 4.39 Å². The van der Waals surface area contributed by atoms with Gasteiger partial charge >= 0.3 is 0 Å². The van der Waals surface area contributed by atoms with Crippen molar-refractivity contribution in [3.8, 4) is 5.69 Å². The summed E-state index contributed by atoms with van der Waals surface area (Å²) in [7, 11) is 0. The van der Waals surface area contributed by atoms with E-state index in [4.69, 9.17) is 0 Å². The van der Waals surface area contributed by atoms with Crippen LogP contribution < -0.4 is 5.32 Å². The fourth-order valence-corrected chi connectivity index (χ4v) is 3.23. The second-order valence-corrected chi connectivity index (χ2v) is 7.18. The molecule has 0 aliphatic heterocycles. The van der Waals surface area contributed by atoms with Gasteiger partial charge < -0.3 is 5.32 Å². The molecular weight excluding hydrogens is 365 g/mol. The summed E-state index contributed by atoms with van der Waals surface area (Å²) in [6.45, 7) is 6.01. The molecule has 1 N–H and O–H groups in total. The van der Waals surface area contributed by atoms with Gasteiger partial charge in [0.05, 0.1) is 11.4 Å². The molecule has 140 valence electrons. The van der Waals surface area contributed by atoms with Crippen LogP contribution in [-0.2, 0) is 11.3 Å². The van der Waals surface area contributed by atoms with E-state index in [9.17, 15) is 9.18 Å². The van der Waals surface area contributed by atoms with Crippen LogP contribution in [0.2, 0.25) is 0 Å². The van der Waals surface area contributed by atoms with Crippen LogP contribution in [0.25, 0.3) is 5.69 Å². The molecule has 0 saturated heterocycles. The van der Waals surface area contributed by atoms with Gasteiger partial charge in [0.2, 0.25) is 11.1 Å². The van der Waals surface area contributed by atoms with E-state index >= 15 is 0 Å². The quantitative estimate of drug-likeness (QED) is 0.660. The first kappa shape index (κ1) is 19.0. The molecule has 27 heavy (non-hydrogen) atoms. The maximum Gasteiger partial charge on any atom is 0.230 e. The molecule has 0 unspecified atom stereocenters. The van der Waals surface area contributed by atoms with Crippen LogP contribution in [0.5, 0.6) is 0 Å². The Morgan fingerprint density at radius 3 is 2.78 bits per heavy atom.